The van der Waals surface area contributed by atoms with Crippen LogP contribution in [0.5, 0.6) is 5.75 Å². The highest BCUT2D eigenvalue weighted by Crippen LogP contribution is 2.20. The minimum Gasteiger partial charge on any atom is -0.492 e. The molecular formula is C20H27N3O2S. The van der Waals surface area contributed by atoms with Crippen molar-refractivity contribution < 1.29 is 9.47 Å². The zero-order valence-corrected chi connectivity index (χ0v) is 15.9. The fourth-order valence-corrected chi connectivity index (χ4v) is 3.19. The second-order valence-electron chi connectivity index (χ2n) is 6.35. The first-order chi connectivity index (χ1) is 12.8. The second kappa shape index (κ2) is 10.3. The Bertz CT molecular complexity index is 704. The summed E-state index contributed by atoms with van der Waals surface area (Å²) in [7, 11) is 0. The van der Waals surface area contributed by atoms with Gasteiger partial charge in [-0.3, -0.25) is 4.90 Å². The van der Waals surface area contributed by atoms with Crippen LogP contribution >= 0.6 is 12.2 Å². The van der Waals surface area contributed by atoms with E-state index in [0.717, 1.165) is 51.6 Å². The number of thiocarbonyl (C=S) groups is 1. The molecule has 1 aliphatic heterocycles. The van der Waals surface area contributed by atoms with E-state index in [4.69, 9.17) is 21.7 Å². The van der Waals surface area contributed by atoms with Crippen molar-refractivity contribution >= 4 is 28.1 Å². The van der Waals surface area contributed by atoms with Crippen LogP contribution in [0.4, 0.5) is 0 Å². The second-order valence-corrected chi connectivity index (χ2v) is 6.76. The normalized spacial score (nSPS) is 14.9. The van der Waals surface area contributed by atoms with Gasteiger partial charge in [-0.2, -0.15) is 0 Å². The molecule has 3 rings (SSSR count). The fourth-order valence-electron chi connectivity index (χ4n) is 2.98. The van der Waals surface area contributed by atoms with Crippen LogP contribution in [0.3, 0.4) is 0 Å². The Labute approximate surface area is 160 Å². The summed E-state index contributed by atoms with van der Waals surface area (Å²) in [5, 5.41) is 9.54. The van der Waals surface area contributed by atoms with Gasteiger partial charge in [-0.15, -0.1) is 0 Å². The lowest BCUT2D eigenvalue weighted by atomic mass is 10.1. The molecule has 1 aliphatic rings. The van der Waals surface area contributed by atoms with Crippen molar-refractivity contribution in [3.8, 4) is 5.75 Å². The predicted molar refractivity (Wildman–Crippen MR) is 110 cm³/mol. The SMILES string of the molecule is S=C(NCCCN1CCOCC1)NCCOc1ccc2ccccc2c1. The summed E-state index contributed by atoms with van der Waals surface area (Å²) in [5.41, 5.74) is 0. The number of hydrogen-bond acceptors (Lipinski definition) is 4. The Morgan fingerprint density at radius 3 is 2.65 bits per heavy atom. The van der Waals surface area contributed by atoms with E-state index >= 15 is 0 Å². The van der Waals surface area contributed by atoms with Crippen molar-refractivity contribution in [3.63, 3.8) is 0 Å². The number of benzene rings is 2. The molecule has 0 atom stereocenters. The fraction of sp³-hybridized carbons (Fsp3) is 0.450. The first kappa shape index (κ1) is 18.9. The molecule has 140 valence electrons. The lowest BCUT2D eigenvalue weighted by molar-refractivity contribution is 0.0376. The average molecular weight is 374 g/mol. The quantitative estimate of drug-likeness (QED) is 0.547. The van der Waals surface area contributed by atoms with Crippen LogP contribution in [0.2, 0.25) is 0 Å². The molecule has 2 aromatic rings. The molecule has 5 nitrogen and oxygen atoms in total. The van der Waals surface area contributed by atoms with Gasteiger partial charge in [0, 0.05) is 19.6 Å². The number of morpholine rings is 1. The van der Waals surface area contributed by atoms with Gasteiger partial charge in [-0.1, -0.05) is 30.3 Å². The van der Waals surface area contributed by atoms with Crippen LogP contribution in [0.25, 0.3) is 10.8 Å². The Morgan fingerprint density at radius 2 is 1.81 bits per heavy atom. The van der Waals surface area contributed by atoms with Crippen molar-refractivity contribution in [1.82, 2.24) is 15.5 Å². The Balaban J connectivity index is 1.26. The Morgan fingerprint density at radius 1 is 1.04 bits per heavy atom. The van der Waals surface area contributed by atoms with Gasteiger partial charge in [0.05, 0.1) is 19.8 Å². The van der Waals surface area contributed by atoms with E-state index in [-0.39, 0.29) is 0 Å². The van der Waals surface area contributed by atoms with Gasteiger partial charge in [-0.05, 0) is 48.1 Å². The number of nitrogens with zero attached hydrogens (tertiary/aromatic N) is 1. The minimum atomic E-state index is 0.577. The minimum absolute atomic E-state index is 0.577. The van der Waals surface area contributed by atoms with Crippen molar-refractivity contribution in [2.45, 2.75) is 6.42 Å². The lowest BCUT2D eigenvalue weighted by Gasteiger charge is -2.26. The van der Waals surface area contributed by atoms with E-state index < -0.39 is 0 Å². The molecule has 2 aromatic carbocycles. The van der Waals surface area contributed by atoms with E-state index in [9.17, 15) is 0 Å². The molecule has 1 saturated heterocycles. The summed E-state index contributed by atoms with van der Waals surface area (Å²) < 4.78 is 11.2. The maximum atomic E-state index is 5.80. The van der Waals surface area contributed by atoms with Crippen LogP contribution in [0.15, 0.2) is 42.5 Å². The molecule has 1 fully saturated rings. The van der Waals surface area contributed by atoms with Crippen LogP contribution in [0.1, 0.15) is 6.42 Å². The third-order valence-corrected chi connectivity index (χ3v) is 4.71. The summed E-state index contributed by atoms with van der Waals surface area (Å²) in [6, 6.07) is 14.4. The van der Waals surface area contributed by atoms with Gasteiger partial charge in [0.2, 0.25) is 0 Å². The number of rotatable bonds is 8. The molecule has 0 radical (unpaired) electrons. The summed E-state index contributed by atoms with van der Waals surface area (Å²) in [6.07, 6.45) is 1.08. The maximum Gasteiger partial charge on any atom is 0.166 e. The number of fused-ring (bicyclic) bond motifs is 1. The first-order valence-electron chi connectivity index (χ1n) is 9.25. The highest BCUT2D eigenvalue weighted by atomic mass is 32.1. The topological polar surface area (TPSA) is 45.8 Å². The highest BCUT2D eigenvalue weighted by molar-refractivity contribution is 7.80. The molecular weight excluding hydrogens is 346 g/mol. The van der Waals surface area contributed by atoms with Crippen molar-refractivity contribution in [2.24, 2.45) is 0 Å². The van der Waals surface area contributed by atoms with Gasteiger partial charge in [0.1, 0.15) is 12.4 Å². The molecule has 0 aliphatic carbocycles. The van der Waals surface area contributed by atoms with Crippen LogP contribution < -0.4 is 15.4 Å². The third kappa shape index (κ3) is 6.12. The molecule has 2 N–H and O–H groups in total. The van der Waals surface area contributed by atoms with Gasteiger partial charge in [0.15, 0.2) is 5.11 Å². The summed E-state index contributed by atoms with van der Waals surface area (Å²) in [6.45, 7) is 7.01. The van der Waals surface area contributed by atoms with E-state index in [0.29, 0.717) is 18.3 Å². The standard InChI is InChI=1S/C20H27N3O2S/c26-20(21-8-3-10-23-11-14-24-15-12-23)22-9-13-25-19-7-6-17-4-1-2-5-18(17)16-19/h1-2,4-7,16H,3,8-15H2,(H2,21,22,26). The third-order valence-electron chi connectivity index (χ3n) is 4.42. The van der Waals surface area contributed by atoms with Gasteiger partial charge in [0.25, 0.3) is 0 Å². The summed E-state index contributed by atoms with van der Waals surface area (Å²) in [5.74, 6) is 0.884. The Kier molecular flexibility index (Phi) is 7.49. The monoisotopic (exact) mass is 373 g/mol. The molecule has 0 spiro atoms. The van der Waals surface area contributed by atoms with Crippen LogP contribution in [-0.2, 0) is 4.74 Å². The molecule has 0 saturated carbocycles. The summed E-state index contributed by atoms with van der Waals surface area (Å²) >= 11 is 5.31. The molecule has 0 unspecified atom stereocenters. The number of ether oxygens (including phenoxy) is 2. The van der Waals surface area contributed by atoms with Crippen molar-refractivity contribution in [2.75, 3.05) is 52.5 Å². The number of hydrogen-bond donors (Lipinski definition) is 2. The van der Waals surface area contributed by atoms with Crippen LogP contribution in [-0.4, -0.2) is 62.6 Å². The lowest BCUT2D eigenvalue weighted by Crippen LogP contribution is -2.40. The smallest absolute Gasteiger partial charge is 0.166 e. The van der Waals surface area contributed by atoms with Crippen LogP contribution in [0, 0.1) is 0 Å². The van der Waals surface area contributed by atoms with Crippen molar-refractivity contribution in [3.05, 3.63) is 42.5 Å². The predicted octanol–water partition coefficient (Wildman–Crippen LogP) is 2.41. The van der Waals surface area contributed by atoms with E-state index in [1.807, 2.05) is 18.2 Å². The zero-order valence-electron chi connectivity index (χ0n) is 15.1. The zero-order chi connectivity index (χ0) is 18.0. The van der Waals surface area contributed by atoms with Gasteiger partial charge in [-0.25, -0.2) is 0 Å². The molecule has 0 bridgehead atoms. The first-order valence-corrected chi connectivity index (χ1v) is 9.65. The van der Waals surface area contributed by atoms with Crippen molar-refractivity contribution in [1.29, 1.82) is 0 Å². The van der Waals surface area contributed by atoms with Gasteiger partial charge < -0.3 is 20.1 Å². The molecule has 26 heavy (non-hydrogen) atoms. The highest BCUT2D eigenvalue weighted by Gasteiger charge is 2.09. The Hall–Kier alpha value is -1.89. The van der Waals surface area contributed by atoms with E-state index in [1.54, 1.807) is 0 Å². The maximum absolute atomic E-state index is 5.80. The summed E-state index contributed by atoms with van der Waals surface area (Å²) in [4.78, 5) is 2.43. The molecule has 0 amide bonds. The molecule has 6 heteroatoms. The van der Waals surface area contributed by atoms with E-state index in [1.165, 1.54) is 10.8 Å². The molecule has 0 aromatic heterocycles. The largest absolute Gasteiger partial charge is 0.492 e. The van der Waals surface area contributed by atoms with E-state index in [2.05, 4.69) is 39.8 Å². The van der Waals surface area contributed by atoms with Gasteiger partial charge >= 0.3 is 0 Å². The molecule has 1 heterocycles. The number of nitrogens with one attached hydrogen (secondary N) is 2. The average Bonchev–Trinajstić information content (AvgIpc) is 2.69.